The van der Waals surface area contributed by atoms with Crippen molar-refractivity contribution in [1.82, 2.24) is 19.7 Å². The molecule has 3 aromatic heterocycles. The Hall–Kier alpha value is -3.20. The lowest BCUT2D eigenvalue weighted by Gasteiger charge is -2.19. The highest BCUT2D eigenvalue weighted by molar-refractivity contribution is 6.32. The number of nitrogens with one attached hydrogen (secondary N) is 1. The van der Waals surface area contributed by atoms with Gasteiger partial charge in [0, 0.05) is 61.6 Å². The minimum absolute atomic E-state index is 0.143. The number of methoxy groups -OCH3 is 1. The molecule has 1 aliphatic heterocycles. The molecule has 176 valence electrons. The van der Waals surface area contributed by atoms with Gasteiger partial charge in [-0.25, -0.2) is 9.97 Å². The third kappa shape index (κ3) is 4.57. The number of rotatable bonds is 7. The summed E-state index contributed by atoms with van der Waals surface area (Å²) in [4.78, 5) is 10.7. The molecule has 4 heterocycles. The number of aliphatic hydroxyl groups excluding tert-OH is 1. The van der Waals surface area contributed by atoms with Crippen molar-refractivity contribution in [2.45, 2.75) is 25.6 Å². The summed E-state index contributed by atoms with van der Waals surface area (Å²) in [5, 5.41) is 13.8. The van der Waals surface area contributed by atoms with Gasteiger partial charge in [-0.15, -0.1) is 0 Å². The molecule has 1 aliphatic rings. The van der Waals surface area contributed by atoms with Crippen LogP contribution in [0.15, 0.2) is 55.0 Å². The monoisotopic (exact) mass is 481 g/mol. The first kappa shape index (κ1) is 22.6. The van der Waals surface area contributed by atoms with E-state index >= 15 is 0 Å². The Morgan fingerprint density at radius 3 is 2.94 bits per heavy atom. The number of halogens is 2. The second-order valence-electron chi connectivity index (χ2n) is 8.38. The summed E-state index contributed by atoms with van der Waals surface area (Å²) in [6.07, 6.45) is 6.41. The summed E-state index contributed by atoms with van der Waals surface area (Å²) < 4.78 is 20.5. The number of aromatic nitrogens is 3. The zero-order chi connectivity index (χ0) is 23.7. The Balaban J connectivity index is 1.32. The van der Waals surface area contributed by atoms with Crippen LogP contribution in [0.2, 0.25) is 5.02 Å². The van der Waals surface area contributed by atoms with Gasteiger partial charge in [0.15, 0.2) is 0 Å². The highest BCUT2D eigenvalue weighted by Gasteiger charge is 2.23. The van der Waals surface area contributed by atoms with Crippen molar-refractivity contribution >= 4 is 22.9 Å². The summed E-state index contributed by atoms with van der Waals surface area (Å²) in [7, 11) is 1.55. The molecule has 1 fully saturated rings. The van der Waals surface area contributed by atoms with Crippen LogP contribution in [0, 0.1) is 5.95 Å². The van der Waals surface area contributed by atoms with Crippen LogP contribution < -0.4 is 15.0 Å². The van der Waals surface area contributed by atoms with Crippen molar-refractivity contribution in [1.29, 1.82) is 0 Å². The van der Waals surface area contributed by atoms with Crippen LogP contribution in [0.5, 0.6) is 5.75 Å². The molecule has 7 nitrogen and oxygen atoms in total. The fourth-order valence-corrected chi connectivity index (χ4v) is 4.64. The van der Waals surface area contributed by atoms with E-state index in [4.69, 9.17) is 21.3 Å². The number of pyridine rings is 2. The van der Waals surface area contributed by atoms with Crippen molar-refractivity contribution in [2.75, 3.05) is 25.1 Å². The molecule has 1 atom stereocenters. The average Bonchev–Trinajstić information content (AvgIpc) is 3.49. The van der Waals surface area contributed by atoms with Crippen LogP contribution >= 0.6 is 11.6 Å². The van der Waals surface area contributed by atoms with E-state index in [1.807, 2.05) is 22.9 Å². The van der Waals surface area contributed by atoms with E-state index in [1.165, 1.54) is 12.3 Å². The fourth-order valence-electron chi connectivity index (χ4n) is 4.39. The molecule has 4 aromatic rings. The first-order chi connectivity index (χ1) is 16.5. The topological polar surface area (TPSA) is 74.9 Å². The maximum Gasteiger partial charge on any atom is 0.213 e. The zero-order valence-electron chi connectivity index (χ0n) is 18.7. The number of aliphatic hydroxyl groups is 1. The van der Waals surface area contributed by atoms with Gasteiger partial charge in [0.2, 0.25) is 5.95 Å². The number of hydrogen-bond acceptors (Lipinski definition) is 6. The number of imidazole rings is 1. The van der Waals surface area contributed by atoms with E-state index < -0.39 is 5.95 Å². The number of hydrogen-bond donors (Lipinski definition) is 2. The lowest BCUT2D eigenvalue weighted by molar-refractivity contribution is 0.281. The first-order valence-corrected chi connectivity index (χ1v) is 11.5. The zero-order valence-corrected chi connectivity index (χ0v) is 19.5. The van der Waals surface area contributed by atoms with E-state index in [0.717, 1.165) is 47.7 Å². The minimum atomic E-state index is -0.456. The summed E-state index contributed by atoms with van der Waals surface area (Å²) >= 11 is 6.33. The molecule has 2 N–H and O–H groups in total. The lowest BCUT2D eigenvalue weighted by Crippen LogP contribution is -2.32. The predicted octanol–water partition coefficient (Wildman–Crippen LogP) is 4.06. The van der Waals surface area contributed by atoms with Gasteiger partial charge >= 0.3 is 0 Å². The van der Waals surface area contributed by atoms with Gasteiger partial charge in [-0.2, -0.15) is 4.39 Å². The number of ether oxygens (including phenoxy) is 1. The molecule has 0 radical (unpaired) electrons. The van der Waals surface area contributed by atoms with Gasteiger partial charge < -0.3 is 24.5 Å². The summed E-state index contributed by atoms with van der Waals surface area (Å²) in [5.74, 6) is 0.0644. The third-order valence-electron chi connectivity index (χ3n) is 6.21. The smallest absolute Gasteiger partial charge is 0.213 e. The number of benzene rings is 1. The Bertz CT molecular complexity index is 1330. The molecule has 0 amide bonds. The summed E-state index contributed by atoms with van der Waals surface area (Å²) in [6, 6.07) is 11.3. The van der Waals surface area contributed by atoms with Crippen molar-refractivity contribution in [3.05, 3.63) is 77.1 Å². The van der Waals surface area contributed by atoms with Crippen molar-refractivity contribution in [3.63, 3.8) is 0 Å². The highest BCUT2D eigenvalue weighted by Crippen LogP contribution is 2.34. The van der Waals surface area contributed by atoms with Gasteiger partial charge in [0.1, 0.15) is 11.4 Å². The minimum Gasteiger partial charge on any atom is -0.495 e. The Morgan fingerprint density at radius 2 is 2.15 bits per heavy atom. The molecule has 0 saturated carbocycles. The first-order valence-electron chi connectivity index (χ1n) is 11.1. The second-order valence-corrected chi connectivity index (χ2v) is 8.79. The van der Waals surface area contributed by atoms with Crippen LogP contribution in [0.3, 0.4) is 0 Å². The molecule has 0 bridgehead atoms. The molecular formula is C25H25ClFN5O2. The second kappa shape index (κ2) is 9.58. The standard InChI is InChI=1S/C25H25ClFN5O2/c1-34-23-9-17(15-33)20(11-21(23)26)22-14-32-7-4-19(10-25(32)30-22)31-6-3-18(13-31)29-12-16-2-5-28-24(27)8-16/h2,4-5,7-11,14,18,29,33H,3,6,12-13,15H2,1H3/t18-/m0/s1. The Labute approximate surface area is 201 Å². The summed E-state index contributed by atoms with van der Waals surface area (Å²) in [5.41, 5.74) is 5.00. The van der Waals surface area contributed by atoms with Gasteiger partial charge in [-0.1, -0.05) is 11.6 Å². The molecule has 5 rings (SSSR count). The predicted molar refractivity (Wildman–Crippen MR) is 130 cm³/mol. The largest absolute Gasteiger partial charge is 0.495 e. The van der Waals surface area contributed by atoms with E-state index in [1.54, 1.807) is 19.2 Å². The van der Waals surface area contributed by atoms with Crippen molar-refractivity contribution in [3.8, 4) is 17.0 Å². The highest BCUT2D eigenvalue weighted by atomic mass is 35.5. The van der Waals surface area contributed by atoms with E-state index in [-0.39, 0.29) is 6.61 Å². The fraction of sp³-hybridized carbons (Fsp3) is 0.280. The van der Waals surface area contributed by atoms with E-state index in [2.05, 4.69) is 27.3 Å². The van der Waals surface area contributed by atoms with Crippen LogP contribution in [0.1, 0.15) is 17.5 Å². The third-order valence-corrected chi connectivity index (χ3v) is 6.50. The lowest BCUT2D eigenvalue weighted by atomic mass is 10.1. The molecule has 0 spiro atoms. The molecule has 0 aliphatic carbocycles. The molecule has 9 heteroatoms. The van der Waals surface area contributed by atoms with E-state index in [9.17, 15) is 9.50 Å². The van der Waals surface area contributed by atoms with E-state index in [0.29, 0.717) is 28.9 Å². The quantitative estimate of drug-likeness (QED) is 0.388. The van der Waals surface area contributed by atoms with Crippen molar-refractivity contribution < 1.29 is 14.2 Å². The number of anilines is 1. The SMILES string of the molecule is COc1cc(CO)c(-c2cn3ccc(N4CC[C@H](NCc5ccnc(F)c5)C4)cc3n2)cc1Cl. The Morgan fingerprint density at radius 1 is 1.26 bits per heavy atom. The van der Waals surface area contributed by atoms with Gasteiger partial charge in [0.25, 0.3) is 0 Å². The number of nitrogens with zero attached hydrogens (tertiary/aromatic N) is 4. The van der Waals surface area contributed by atoms with Crippen LogP contribution in [0.25, 0.3) is 16.9 Å². The number of fused-ring (bicyclic) bond motifs is 1. The van der Waals surface area contributed by atoms with Crippen LogP contribution in [0.4, 0.5) is 10.1 Å². The molecule has 1 saturated heterocycles. The van der Waals surface area contributed by atoms with Crippen LogP contribution in [-0.4, -0.2) is 45.7 Å². The average molecular weight is 482 g/mol. The van der Waals surface area contributed by atoms with Crippen molar-refractivity contribution in [2.24, 2.45) is 0 Å². The summed E-state index contributed by atoms with van der Waals surface area (Å²) in [6.45, 7) is 2.25. The van der Waals surface area contributed by atoms with Gasteiger partial charge in [0.05, 0.1) is 24.4 Å². The molecular weight excluding hydrogens is 457 g/mol. The van der Waals surface area contributed by atoms with Gasteiger partial charge in [-0.3, -0.25) is 0 Å². The maximum absolute atomic E-state index is 13.3. The van der Waals surface area contributed by atoms with Gasteiger partial charge in [-0.05, 0) is 47.9 Å². The normalized spacial score (nSPS) is 15.9. The Kier molecular flexibility index (Phi) is 6.36. The maximum atomic E-state index is 13.3. The molecule has 34 heavy (non-hydrogen) atoms. The van der Waals surface area contributed by atoms with Crippen LogP contribution in [-0.2, 0) is 13.2 Å². The molecule has 0 unspecified atom stereocenters. The molecule has 1 aromatic carbocycles.